The van der Waals surface area contributed by atoms with Gasteiger partial charge in [-0.2, -0.15) is 0 Å². The zero-order valence-corrected chi connectivity index (χ0v) is 11.5. The van der Waals surface area contributed by atoms with E-state index >= 15 is 0 Å². The molecule has 1 aliphatic rings. The van der Waals surface area contributed by atoms with Gasteiger partial charge in [0, 0.05) is 19.6 Å². The fourth-order valence-corrected chi connectivity index (χ4v) is 2.71. The van der Waals surface area contributed by atoms with Crippen molar-refractivity contribution in [3.63, 3.8) is 0 Å². The zero-order valence-electron chi connectivity index (χ0n) is 10.7. The molecule has 0 spiro atoms. The highest BCUT2D eigenvalue weighted by Gasteiger charge is 2.20. The van der Waals surface area contributed by atoms with Crippen LogP contribution in [0.15, 0.2) is 0 Å². The van der Waals surface area contributed by atoms with Crippen LogP contribution >= 0.6 is 11.3 Å². The van der Waals surface area contributed by atoms with Crippen molar-refractivity contribution >= 4 is 28.2 Å². The highest BCUT2D eigenvalue weighted by molar-refractivity contribution is 7.18. The summed E-state index contributed by atoms with van der Waals surface area (Å²) in [6, 6.07) is 0. The lowest BCUT2D eigenvalue weighted by Crippen LogP contribution is -2.36. The number of morpholine rings is 1. The third-order valence-electron chi connectivity index (χ3n) is 2.80. The second-order valence-corrected chi connectivity index (χ2v) is 5.19. The SMILES string of the molecule is NCCCNC(=O)c1sc(N2CCOCC2)nc1N. The lowest BCUT2D eigenvalue weighted by molar-refractivity contribution is 0.0958. The normalized spacial score (nSPS) is 15.5. The molecule has 0 aromatic carbocycles. The predicted octanol–water partition coefficient (Wildman–Crippen LogP) is -0.359. The number of carbonyl (C=O) groups excluding carboxylic acids is 1. The highest BCUT2D eigenvalue weighted by atomic mass is 32.1. The molecule has 1 aromatic heterocycles. The van der Waals surface area contributed by atoms with E-state index in [1.165, 1.54) is 11.3 Å². The van der Waals surface area contributed by atoms with Crippen molar-refractivity contribution in [2.24, 2.45) is 5.73 Å². The first-order chi connectivity index (χ1) is 9.22. The molecule has 1 saturated heterocycles. The van der Waals surface area contributed by atoms with Gasteiger partial charge < -0.3 is 26.4 Å². The van der Waals surface area contributed by atoms with Crippen LogP contribution in [0.3, 0.4) is 0 Å². The van der Waals surface area contributed by atoms with Crippen LogP contribution in [0.5, 0.6) is 0 Å². The van der Waals surface area contributed by atoms with E-state index in [1.807, 2.05) is 0 Å². The van der Waals surface area contributed by atoms with E-state index in [-0.39, 0.29) is 11.7 Å². The van der Waals surface area contributed by atoms with E-state index in [0.29, 0.717) is 31.2 Å². The third kappa shape index (κ3) is 3.55. The maximum Gasteiger partial charge on any atom is 0.265 e. The zero-order chi connectivity index (χ0) is 13.7. The Balaban J connectivity index is 2.01. The van der Waals surface area contributed by atoms with Crippen LogP contribution in [-0.2, 0) is 4.74 Å². The van der Waals surface area contributed by atoms with Crippen LogP contribution in [0.2, 0.25) is 0 Å². The summed E-state index contributed by atoms with van der Waals surface area (Å²) in [6.07, 6.45) is 0.751. The molecule has 7 nitrogen and oxygen atoms in total. The maximum atomic E-state index is 11.9. The molecule has 2 heterocycles. The van der Waals surface area contributed by atoms with Crippen LogP contribution in [0.1, 0.15) is 16.1 Å². The molecule has 1 amide bonds. The van der Waals surface area contributed by atoms with Gasteiger partial charge in [0.05, 0.1) is 13.2 Å². The maximum absolute atomic E-state index is 11.9. The number of hydrogen-bond acceptors (Lipinski definition) is 7. The summed E-state index contributed by atoms with van der Waals surface area (Å²) in [5.41, 5.74) is 11.2. The quantitative estimate of drug-likeness (QED) is 0.638. The molecule has 5 N–H and O–H groups in total. The summed E-state index contributed by atoms with van der Waals surface area (Å²) in [4.78, 5) is 18.8. The molecule has 1 aromatic rings. The summed E-state index contributed by atoms with van der Waals surface area (Å²) < 4.78 is 5.28. The van der Waals surface area contributed by atoms with Gasteiger partial charge in [-0.15, -0.1) is 0 Å². The molecule has 0 atom stereocenters. The van der Waals surface area contributed by atoms with E-state index in [4.69, 9.17) is 16.2 Å². The van der Waals surface area contributed by atoms with Crippen LogP contribution in [-0.4, -0.2) is 50.3 Å². The second kappa shape index (κ2) is 6.69. The minimum absolute atomic E-state index is 0.178. The van der Waals surface area contributed by atoms with Crippen molar-refractivity contribution in [2.45, 2.75) is 6.42 Å². The number of rotatable bonds is 5. The van der Waals surface area contributed by atoms with Crippen molar-refractivity contribution in [2.75, 3.05) is 50.0 Å². The van der Waals surface area contributed by atoms with Crippen molar-refractivity contribution in [1.82, 2.24) is 10.3 Å². The van der Waals surface area contributed by atoms with Gasteiger partial charge in [-0.1, -0.05) is 11.3 Å². The van der Waals surface area contributed by atoms with Crippen molar-refractivity contribution < 1.29 is 9.53 Å². The Bertz CT molecular complexity index is 431. The average molecular weight is 285 g/mol. The Morgan fingerprint density at radius 2 is 2.21 bits per heavy atom. The Morgan fingerprint density at radius 1 is 1.47 bits per heavy atom. The first kappa shape index (κ1) is 14.0. The number of nitrogens with one attached hydrogen (secondary N) is 1. The van der Waals surface area contributed by atoms with Crippen LogP contribution < -0.4 is 21.7 Å². The molecule has 0 aliphatic carbocycles. The van der Waals surface area contributed by atoms with Crippen molar-refractivity contribution in [3.8, 4) is 0 Å². The minimum Gasteiger partial charge on any atom is -0.382 e. The van der Waals surface area contributed by atoms with E-state index in [0.717, 1.165) is 24.6 Å². The van der Waals surface area contributed by atoms with E-state index in [9.17, 15) is 4.79 Å². The van der Waals surface area contributed by atoms with Crippen molar-refractivity contribution in [3.05, 3.63) is 4.88 Å². The summed E-state index contributed by atoms with van der Waals surface area (Å²) in [6.45, 7) is 4.02. The number of thiazole rings is 1. The number of nitrogens with zero attached hydrogens (tertiary/aromatic N) is 2. The summed E-state index contributed by atoms with van der Waals surface area (Å²) in [5, 5.41) is 3.57. The number of amides is 1. The molecule has 2 rings (SSSR count). The largest absolute Gasteiger partial charge is 0.382 e. The Hall–Kier alpha value is -1.38. The van der Waals surface area contributed by atoms with Crippen molar-refractivity contribution in [1.29, 1.82) is 0 Å². The molecule has 0 saturated carbocycles. The van der Waals surface area contributed by atoms with Crippen LogP contribution in [0.4, 0.5) is 10.9 Å². The lowest BCUT2D eigenvalue weighted by atomic mass is 10.4. The third-order valence-corrected chi connectivity index (χ3v) is 3.93. The first-order valence-corrected chi connectivity index (χ1v) is 7.11. The number of anilines is 2. The monoisotopic (exact) mass is 285 g/mol. The fourth-order valence-electron chi connectivity index (χ4n) is 1.76. The molecular weight excluding hydrogens is 266 g/mol. The Morgan fingerprint density at radius 3 is 2.89 bits per heavy atom. The summed E-state index contributed by atoms with van der Waals surface area (Å²) >= 11 is 1.32. The molecular formula is C11H19N5O2S. The number of nitrogen functional groups attached to an aromatic ring is 1. The molecule has 0 unspecified atom stereocenters. The van der Waals surface area contributed by atoms with Gasteiger partial charge >= 0.3 is 0 Å². The standard InChI is InChI=1S/C11H19N5O2S/c12-2-1-3-14-10(17)8-9(13)15-11(19-8)16-4-6-18-7-5-16/h1-7,12-13H2,(H,14,17). The second-order valence-electron chi connectivity index (χ2n) is 4.21. The molecule has 19 heavy (non-hydrogen) atoms. The molecule has 0 radical (unpaired) electrons. The fraction of sp³-hybridized carbons (Fsp3) is 0.636. The van der Waals surface area contributed by atoms with Gasteiger partial charge in [0.1, 0.15) is 10.7 Å². The summed E-state index contributed by atoms with van der Waals surface area (Å²) in [7, 11) is 0. The molecule has 1 aliphatic heterocycles. The minimum atomic E-state index is -0.178. The number of ether oxygens (including phenoxy) is 1. The molecule has 0 bridgehead atoms. The topological polar surface area (TPSA) is 106 Å². The van der Waals surface area contributed by atoms with Gasteiger partial charge in [-0.25, -0.2) is 4.98 Å². The number of aromatic nitrogens is 1. The van der Waals surface area contributed by atoms with E-state index < -0.39 is 0 Å². The molecule has 8 heteroatoms. The molecule has 106 valence electrons. The van der Waals surface area contributed by atoms with E-state index in [1.54, 1.807) is 0 Å². The average Bonchev–Trinajstić information content (AvgIpc) is 2.82. The van der Waals surface area contributed by atoms with Crippen LogP contribution in [0, 0.1) is 0 Å². The highest BCUT2D eigenvalue weighted by Crippen LogP contribution is 2.28. The summed E-state index contributed by atoms with van der Waals surface area (Å²) in [5.74, 6) is 0.111. The van der Waals surface area contributed by atoms with Gasteiger partial charge in [0.2, 0.25) is 0 Å². The van der Waals surface area contributed by atoms with E-state index in [2.05, 4.69) is 15.2 Å². The van der Waals surface area contributed by atoms with Gasteiger partial charge in [0.25, 0.3) is 5.91 Å². The Labute approximate surface area is 115 Å². The number of nitrogens with two attached hydrogens (primary N) is 2. The lowest BCUT2D eigenvalue weighted by Gasteiger charge is -2.25. The van der Waals surface area contributed by atoms with Gasteiger partial charge in [0.15, 0.2) is 5.13 Å². The molecule has 1 fully saturated rings. The smallest absolute Gasteiger partial charge is 0.265 e. The number of hydrogen-bond donors (Lipinski definition) is 3. The van der Waals surface area contributed by atoms with Crippen LogP contribution in [0.25, 0.3) is 0 Å². The first-order valence-electron chi connectivity index (χ1n) is 6.29. The predicted molar refractivity (Wildman–Crippen MR) is 75.6 cm³/mol. The van der Waals surface area contributed by atoms with Gasteiger partial charge in [-0.05, 0) is 13.0 Å². The van der Waals surface area contributed by atoms with Gasteiger partial charge in [-0.3, -0.25) is 4.79 Å². The Kier molecular flexibility index (Phi) is 4.94. The number of carbonyl (C=O) groups is 1.